The predicted octanol–water partition coefficient (Wildman–Crippen LogP) is 1.45. The second-order valence-electron chi connectivity index (χ2n) is 3.98. The topological polar surface area (TPSA) is 51.1 Å². The summed E-state index contributed by atoms with van der Waals surface area (Å²) < 4.78 is 1.36. The predicted molar refractivity (Wildman–Crippen MR) is 71.7 cm³/mol. The molecular formula is C14H14N2O2. The lowest BCUT2D eigenvalue weighted by Gasteiger charge is -2.09. The molecule has 0 aliphatic rings. The molecule has 0 saturated carbocycles. The van der Waals surface area contributed by atoms with Crippen molar-refractivity contribution in [2.75, 3.05) is 6.54 Å². The number of aromatic nitrogens is 1. The number of hydrogen-bond acceptors (Lipinski definition) is 2. The molecule has 1 aromatic carbocycles. The minimum atomic E-state index is -0.278. The number of nitrogens with zero attached hydrogens (tertiary/aromatic N) is 1. The van der Waals surface area contributed by atoms with Gasteiger partial charge in [-0.25, -0.2) is 0 Å². The van der Waals surface area contributed by atoms with Gasteiger partial charge in [-0.3, -0.25) is 9.59 Å². The second kappa shape index (κ2) is 4.87. The van der Waals surface area contributed by atoms with Crippen molar-refractivity contribution in [2.24, 2.45) is 7.05 Å². The highest BCUT2D eigenvalue weighted by atomic mass is 16.2. The number of hydrogen-bond donors (Lipinski definition) is 1. The SMILES string of the molecule is C=CCNC(=O)c1cc2ccccc2c(=O)n1C. The van der Waals surface area contributed by atoms with Crippen molar-refractivity contribution in [1.82, 2.24) is 9.88 Å². The van der Waals surface area contributed by atoms with E-state index in [0.717, 1.165) is 5.39 Å². The van der Waals surface area contributed by atoms with Crippen molar-refractivity contribution in [1.29, 1.82) is 0 Å². The Bertz CT molecular complexity index is 671. The van der Waals surface area contributed by atoms with Crippen LogP contribution in [0, 0.1) is 0 Å². The first-order valence-electron chi connectivity index (χ1n) is 5.63. The lowest BCUT2D eigenvalue weighted by atomic mass is 10.1. The van der Waals surface area contributed by atoms with Crippen molar-refractivity contribution in [2.45, 2.75) is 0 Å². The number of nitrogens with one attached hydrogen (secondary N) is 1. The molecule has 0 unspecified atom stereocenters. The lowest BCUT2D eigenvalue weighted by molar-refractivity contribution is 0.0949. The Morgan fingerprint density at radius 3 is 2.89 bits per heavy atom. The minimum absolute atomic E-state index is 0.170. The largest absolute Gasteiger partial charge is 0.347 e. The van der Waals surface area contributed by atoms with E-state index in [9.17, 15) is 9.59 Å². The Hall–Kier alpha value is -2.36. The van der Waals surface area contributed by atoms with Crippen LogP contribution in [0.2, 0.25) is 0 Å². The van der Waals surface area contributed by atoms with E-state index in [2.05, 4.69) is 11.9 Å². The number of fused-ring (bicyclic) bond motifs is 1. The summed E-state index contributed by atoms with van der Waals surface area (Å²) in [5.74, 6) is -0.278. The quantitative estimate of drug-likeness (QED) is 0.828. The molecule has 1 aromatic heterocycles. The van der Waals surface area contributed by atoms with Crippen molar-refractivity contribution >= 4 is 16.7 Å². The smallest absolute Gasteiger partial charge is 0.268 e. The number of pyridine rings is 1. The van der Waals surface area contributed by atoms with Gasteiger partial charge in [0.05, 0.1) is 0 Å². The van der Waals surface area contributed by atoms with E-state index in [1.54, 1.807) is 31.3 Å². The fraction of sp³-hybridized carbons (Fsp3) is 0.143. The van der Waals surface area contributed by atoms with Crippen LogP contribution in [0.1, 0.15) is 10.5 Å². The van der Waals surface area contributed by atoms with Crippen molar-refractivity contribution in [3.05, 3.63) is 59.0 Å². The molecule has 18 heavy (non-hydrogen) atoms. The third-order valence-electron chi connectivity index (χ3n) is 2.79. The lowest BCUT2D eigenvalue weighted by Crippen LogP contribution is -2.31. The van der Waals surface area contributed by atoms with Crippen molar-refractivity contribution in [3.8, 4) is 0 Å². The van der Waals surface area contributed by atoms with Gasteiger partial charge in [-0.05, 0) is 17.5 Å². The Morgan fingerprint density at radius 1 is 1.44 bits per heavy atom. The third kappa shape index (κ3) is 2.05. The van der Waals surface area contributed by atoms with Gasteiger partial charge >= 0.3 is 0 Å². The zero-order valence-corrected chi connectivity index (χ0v) is 10.1. The van der Waals surface area contributed by atoms with Crippen LogP contribution in [0.5, 0.6) is 0 Å². The maximum absolute atomic E-state index is 12.1. The van der Waals surface area contributed by atoms with E-state index in [0.29, 0.717) is 17.6 Å². The Morgan fingerprint density at radius 2 is 2.17 bits per heavy atom. The molecule has 1 N–H and O–H groups in total. The molecule has 0 aliphatic heterocycles. The zero-order chi connectivity index (χ0) is 13.1. The van der Waals surface area contributed by atoms with Gasteiger partial charge < -0.3 is 9.88 Å². The molecule has 1 heterocycles. The molecule has 0 saturated heterocycles. The van der Waals surface area contributed by atoms with Gasteiger partial charge in [0.25, 0.3) is 11.5 Å². The number of benzene rings is 1. The molecule has 4 heteroatoms. The Balaban J connectivity index is 2.58. The van der Waals surface area contributed by atoms with Gasteiger partial charge in [0.1, 0.15) is 5.69 Å². The van der Waals surface area contributed by atoms with Crippen LogP contribution < -0.4 is 10.9 Å². The molecule has 0 aliphatic carbocycles. The monoisotopic (exact) mass is 242 g/mol. The minimum Gasteiger partial charge on any atom is -0.347 e. The molecule has 0 fully saturated rings. The third-order valence-corrected chi connectivity index (χ3v) is 2.79. The Labute approximate surface area is 105 Å². The van der Waals surface area contributed by atoms with Gasteiger partial charge in [-0.2, -0.15) is 0 Å². The van der Waals surface area contributed by atoms with Gasteiger partial charge in [-0.1, -0.05) is 24.3 Å². The summed E-state index contributed by atoms with van der Waals surface area (Å²) in [5.41, 5.74) is 0.178. The molecule has 92 valence electrons. The molecule has 2 aromatic rings. The molecule has 1 amide bonds. The highest BCUT2D eigenvalue weighted by molar-refractivity contribution is 5.96. The fourth-order valence-corrected chi connectivity index (χ4v) is 1.83. The number of amides is 1. The first-order valence-corrected chi connectivity index (χ1v) is 5.63. The first-order chi connectivity index (χ1) is 8.65. The van der Waals surface area contributed by atoms with E-state index in [1.807, 2.05) is 12.1 Å². The normalized spacial score (nSPS) is 10.3. The number of carbonyl (C=O) groups is 1. The van der Waals surface area contributed by atoms with E-state index in [-0.39, 0.29) is 11.5 Å². The van der Waals surface area contributed by atoms with E-state index < -0.39 is 0 Å². The van der Waals surface area contributed by atoms with Crippen molar-refractivity contribution < 1.29 is 4.79 Å². The summed E-state index contributed by atoms with van der Waals surface area (Å²) in [5, 5.41) is 4.04. The van der Waals surface area contributed by atoms with E-state index in [4.69, 9.17) is 0 Å². The van der Waals surface area contributed by atoms with E-state index >= 15 is 0 Å². The fourth-order valence-electron chi connectivity index (χ4n) is 1.83. The summed E-state index contributed by atoms with van der Waals surface area (Å²) in [6.07, 6.45) is 1.59. The standard InChI is InChI=1S/C14H14N2O2/c1-3-8-15-13(17)12-9-10-6-4-5-7-11(10)14(18)16(12)2/h3-7,9H,1,8H2,2H3,(H,15,17). The van der Waals surface area contributed by atoms with Gasteiger partial charge in [0.2, 0.25) is 0 Å². The van der Waals surface area contributed by atoms with Crippen LogP contribution in [-0.2, 0) is 7.05 Å². The summed E-state index contributed by atoms with van der Waals surface area (Å²) in [4.78, 5) is 24.0. The average molecular weight is 242 g/mol. The maximum Gasteiger partial charge on any atom is 0.268 e. The number of carbonyl (C=O) groups excluding carboxylic acids is 1. The summed E-state index contributed by atoms with van der Waals surface area (Å²) >= 11 is 0. The molecular weight excluding hydrogens is 228 g/mol. The van der Waals surface area contributed by atoms with Gasteiger partial charge in [0, 0.05) is 19.0 Å². The summed E-state index contributed by atoms with van der Waals surface area (Å²) in [7, 11) is 1.59. The number of rotatable bonds is 3. The molecule has 0 bridgehead atoms. The van der Waals surface area contributed by atoms with Crippen LogP contribution in [0.3, 0.4) is 0 Å². The molecule has 2 rings (SSSR count). The summed E-state index contributed by atoms with van der Waals surface area (Å²) in [6.45, 7) is 3.91. The second-order valence-corrected chi connectivity index (χ2v) is 3.98. The van der Waals surface area contributed by atoms with Crippen molar-refractivity contribution in [3.63, 3.8) is 0 Å². The zero-order valence-electron chi connectivity index (χ0n) is 10.1. The molecule has 0 atom stereocenters. The average Bonchev–Trinajstić information content (AvgIpc) is 2.40. The van der Waals surface area contributed by atoms with Crippen LogP contribution in [-0.4, -0.2) is 17.0 Å². The first kappa shape index (κ1) is 12.1. The van der Waals surface area contributed by atoms with Gasteiger partial charge in [-0.15, -0.1) is 6.58 Å². The van der Waals surface area contributed by atoms with Crippen LogP contribution in [0.25, 0.3) is 10.8 Å². The van der Waals surface area contributed by atoms with Crippen LogP contribution >= 0.6 is 0 Å². The Kier molecular flexibility index (Phi) is 3.28. The maximum atomic E-state index is 12.1. The van der Waals surface area contributed by atoms with E-state index in [1.165, 1.54) is 4.57 Å². The molecule has 0 radical (unpaired) electrons. The molecule has 0 spiro atoms. The highest BCUT2D eigenvalue weighted by Gasteiger charge is 2.11. The summed E-state index contributed by atoms with van der Waals surface area (Å²) in [6, 6.07) is 8.94. The highest BCUT2D eigenvalue weighted by Crippen LogP contribution is 2.11. The molecule has 4 nitrogen and oxygen atoms in total. The van der Waals surface area contributed by atoms with Crippen LogP contribution in [0.4, 0.5) is 0 Å². The van der Waals surface area contributed by atoms with Gasteiger partial charge in [0.15, 0.2) is 0 Å². The van der Waals surface area contributed by atoms with Crippen LogP contribution in [0.15, 0.2) is 47.8 Å².